The number of hydrogen-bond acceptors (Lipinski definition) is 3. The Kier molecular flexibility index (Phi) is 3.36. The molecule has 1 fully saturated rings. The molecule has 6 heteroatoms. The van der Waals surface area contributed by atoms with Gasteiger partial charge in [0.1, 0.15) is 11.9 Å². The van der Waals surface area contributed by atoms with E-state index in [2.05, 4.69) is 10.6 Å². The third-order valence-electron chi connectivity index (χ3n) is 2.66. The molecule has 0 unspecified atom stereocenters. The summed E-state index contributed by atoms with van der Waals surface area (Å²) in [6.45, 7) is 0. The van der Waals surface area contributed by atoms with Gasteiger partial charge in [0.2, 0.25) is 11.8 Å². The van der Waals surface area contributed by atoms with Crippen molar-refractivity contribution in [3.05, 3.63) is 35.6 Å². The van der Waals surface area contributed by atoms with E-state index in [4.69, 9.17) is 0 Å². The molecule has 18 heavy (non-hydrogen) atoms. The Labute approximate surface area is 102 Å². The van der Waals surface area contributed by atoms with Gasteiger partial charge in [-0.25, -0.2) is 4.39 Å². The first-order valence-corrected chi connectivity index (χ1v) is 5.47. The smallest absolute Gasteiger partial charge is 0.254 e. The van der Waals surface area contributed by atoms with Crippen LogP contribution in [0.2, 0.25) is 0 Å². The minimum atomic E-state index is -0.796. The van der Waals surface area contributed by atoms with Crippen LogP contribution in [0.1, 0.15) is 23.2 Å². The predicted octanol–water partition coefficient (Wildman–Crippen LogP) is 0.361. The second kappa shape index (κ2) is 4.95. The fraction of sp³-hybridized carbons (Fsp3) is 0.250. The molecule has 94 valence electrons. The maximum atomic E-state index is 13.3. The highest BCUT2D eigenvalue weighted by atomic mass is 19.1. The minimum Gasteiger partial charge on any atom is -0.340 e. The molecule has 0 spiro atoms. The van der Waals surface area contributed by atoms with Crippen LogP contribution in [0.15, 0.2) is 24.3 Å². The zero-order chi connectivity index (χ0) is 13.1. The molecule has 1 aromatic rings. The molecule has 1 aliphatic rings. The highest BCUT2D eigenvalue weighted by Crippen LogP contribution is 2.09. The van der Waals surface area contributed by atoms with E-state index in [-0.39, 0.29) is 24.3 Å². The first-order chi connectivity index (χ1) is 8.58. The summed E-state index contributed by atoms with van der Waals surface area (Å²) in [5, 5.41) is 4.52. The average molecular weight is 250 g/mol. The van der Waals surface area contributed by atoms with Crippen molar-refractivity contribution in [1.82, 2.24) is 10.6 Å². The minimum absolute atomic E-state index is 0.123. The van der Waals surface area contributed by atoms with Crippen LogP contribution in [-0.4, -0.2) is 23.8 Å². The molecule has 1 heterocycles. The second-order valence-electron chi connectivity index (χ2n) is 3.96. The summed E-state index contributed by atoms with van der Waals surface area (Å²) in [6, 6.07) is 4.70. The van der Waals surface area contributed by atoms with E-state index in [1.807, 2.05) is 0 Å². The zero-order valence-corrected chi connectivity index (χ0v) is 9.40. The number of piperidine rings is 1. The topological polar surface area (TPSA) is 75.3 Å². The van der Waals surface area contributed by atoms with Crippen LogP contribution in [0, 0.1) is 5.82 Å². The van der Waals surface area contributed by atoms with Crippen molar-refractivity contribution in [2.45, 2.75) is 18.9 Å². The lowest BCUT2D eigenvalue weighted by molar-refractivity contribution is -0.134. The van der Waals surface area contributed by atoms with Crippen LogP contribution in [0.3, 0.4) is 0 Å². The van der Waals surface area contributed by atoms with Crippen LogP contribution >= 0.6 is 0 Å². The molecule has 1 aliphatic heterocycles. The van der Waals surface area contributed by atoms with E-state index >= 15 is 0 Å². The normalized spacial score (nSPS) is 19.3. The van der Waals surface area contributed by atoms with Crippen molar-refractivity contribution in [1.29, 1.82) is 0 Å². The van der Waals surface area contributed by atoms with Crippen molar-refractivity contribution in [3.8, 4) is 0 Å². The maximum absolute atomic E-state index is 13.3. The number of amides is 3. The molecule has 2 N–H and O–H groups in total. The van der Waals surface area contributed by atoms with Gasteiger partial charge in [-0.05, 0) is 18.6 Å². The van der Waals surface area contributed by atoms with Gasteiger partial charge in [-0.2, -0.15) is 0 Å². The lowest BCUT2D eigenvalue weighted by Gasteiger charge is -2.21. The average Bonchev–Trinajstić information content (AvgIpc) is 2.33. The van der Waals surface area contributed by atoms with Crippen molar-refractivity contribution in [2.75, 3.05) is 0 Å². The Morgan fingerprint density at radius 1 is 1.33 bits per heavy atom. The van der Waals surface area contributed by atoms with Gasteiger partial charge in [0.25, 0.3) is 5.91 Å². The van der Waals surface area contributed by atoms with Crippen molar-refractivity contribution in [2.24, 2.45) is 0 Å². The van der Waals surface area contributed by atoms with Crippen LogP contribution in [0.5, 0.6) is 0 Å². The monoisotopic (exact) mass is 250 g/mol. The van der Waals surface area contributed by atoms with E-state index in [9.17, 15) is 18.8 Å². The molecule has 5 nitrogen and oxygen atoms in total. The van der Waals surface area contributed by atoms with E-state index in [1.165, 1.54) is 24.3 Å². The Bertz CT molecular complexity index is 516. The number of benzene rings is 1. The van der Waals surface area contributed by atoms with Gasteiger partial charge in [0.15, 0.2) is 0 Å². The number of rotatable bonds is 2. The summed E-state index contributed by atoms with van der Waals surface area (Å²) in [7, 11) is 0. The third-order valence-corrected chi connectivity index (χ3v) is 2.66. The summed E-state index contributed by atoms with van der Waals surface area (Å²) in [4.78, 5) is 34.1. The maximum Gasteiger partial charge on any atom is 0.254 e. The third kappa shape index (κ3) is 2.53. The Hall–Kier alpha value is -2.24. The van der Waals surface area contributed by atoms with Gasteiger partial charge in [0.05, 0.1) is 5.56 Å². The molecule has 1 atom stereocenters. The van der Waals surface area contributed by atoms with Gasteiger partial charge in [-0.3, -0.25) is 19.7 Å². The Morgan fingerprint density at radius 3 is 2.72 bits per heavy atom. The first kappa shape index (κ1) is 12.2. The summed E-state index contributed by atoms with van der Waals surface area (Å²) in [5.41, 5.74) is -0.123. The number of hydrogen-bond donors (Lipinski definition) is 2. The molecular weight excluding hydrogens is 239 g/mol. The van der Waals surface area contributed by atoms with Crippen LogP contribution in [0.25, 0.3) is 0 Å². The summed E-state index contributed by atoms with van der Waals surface area (Å²) < 4.78 is 13.3. The van der Waals surface area contributed by atoms with Gasteiger partial charge in [-0.15, -0.1) is 0 Å². The molecule has 0 bridgehead atoms. The number of halogens is 1. The quantitative estimate of drug-likeness (QED) is 0.744. The Balaban J connectivity index is 2.06. The molecule has 0 aliphatic carbocycles. The number of carbonyl (C=O) groups excluding carboxylic acids is 3. The van der Waals surface area contributed by atoms with E-state index in [1.54, 1.807) is 0 Å². The molecule has 0 radical (unpaired) electrons. The van der Waals surface area contributed by atoms with Gasteiger partial charge >= 0.3 is 0 Å². The highest BCUT2D eigenvalue weighted by Gasteiger charge is 2.28. The molecule has 1 saturated heterocycles. The lowest BCUT2D eigenvalue weighted by atomic mass is 10.1. The van der Waals surface area contributed by atoms with Gasteiger partial charge < -0.3 is 5.32 Å². The SMILES string of the molecule is O=C1CC[C@@H](NC(=O)c2ccccc2F)C(=O)N1. The summed E-state index contributed by atoms with van der Waals surface area (Å²) in [6.07, 6.45) is 0.388. The van der Waals surface area contributed by atoms with Gasteiger partial charge in [-0.1, -0.05) is 12.1 Å². The van der Waals surface area contributed by atoms with Crippen LogP contribution < -0.4 is 10.6 Å². The molecule has 1 aromatic carbocycles. The van der Waals surface area contributed by atoms with E-state index in [0.717, 1.165) is 0 Å². The number of nitrogens with one attached hydrogen (secondary N) is 2. The van der Waals surface area contributed by atoms with Crippen LogP contribution in [0.4, 0.5) is 4.39 Å². The zero-order valence-electron chi connectivity index (χ0n) is 9.40. The molecule has 0 saturated carbocycles. The standard InChI is InChI=1S/C12H11FN2O3/c13-8-4-2-1-3-7(8)11(17)14-9-5-6-10(16)15-12(9)18/h1-4,9H,5-6H2,(H,14,17)(H,15,16,18)/t9-/m1/s1. The number of carbonyl (C=O) groups is 3. The van der Waals surface area contributed by atoms with Gasteiger partial charge in [0, 0.05) is 6.42 Å². The van der Waals surface area contributed by atoms with Crippen molar-refractivity contribution < 1.29 is 18.8 Å². The molecule has 3 amide bonds. The second-order valence-corrected chi connectivity index (χ2v) is 3.96. The highest BCUT2D eigenvalue weighted by molar-refractivity contribution is 6.03. The van der Waals surface area contributed by atoms with Crippen molar-refractivity contribution >= 4 is 17.7 Å². The molecule has 2 rings (SSSR count). The fourth-order valence-corrected chi connectivity index (χ4v) is 1.71. The molecular formula is C12H11FN2O3. The lowest BCUT2D eigenvalue weighted by Crippen LogP contribution is -2.52. The van der Waals surface area contributed by atoms with E-state index < -0.39 is 23.7 Å². The largest absolute Gasteiger partial charge is 0.340 e. The number of imide groups is 1. The first-order valence-electron chi connectivity index (χ1n) is 5.47. The van der Waals surface area contributed by atoms with E-state index in [0.29, 0.717) is 0 Å². The predicted molar refractivity (Wildman–Crippen MR) is 60.0 cm³/mol. The summed E-state index contributed by atoms with van der Waals surface area (Å²) >= 11 is 0. The fourth-order valence-electron chi connectivity index (χ4n) is 1.71. The summed E-state index contributed by atoms with van der Waals surface area (Å²) in [5.74, 6) is -2.24. The van der Waals surface area contributed by atoms with Crippen LogP contribution in [-0.2, 0) is 9.59 Å². The molecule has 0 aromatic heterocycles. The van der Waals surface area contributed by atoms with Crippen molar-refractivity contribution in [3.63, 3.8) is 0 Å². The Morgan fingerprint density at radius 2 is 2.06 bits per heavy atom.